The van der Waals surface area contributed by atoms with Crippen LogP contribution in [-0.4, -0.2) is 15.4 Å². The molecule has 2 heteroatoms. The van der Waals surface area contributed by atoms with Crippen molar-refractivity contribution in [1.82, 2.24) is 0 Å². The minimum atomic E-state index is -1.93. The van der Waals surface area contributed by atoms with E-state index in [1.807, 2.05) is 18.3 Å². The van der Waals surface area contributed by atoms with E-state index < -0.39 is 8.32 Å². The topological polar surface area (TPSA) is 9.23 Å². The monoisotopic (exact) mass is 168 g/mol. The summed E-state index contributed by atoms with van der Waals surface area (Å²) in [4.78, 5) is 0. The van der Waals surface area contributed by atoms with E-state index in [1.54, 1.807) is 7.11 Å². The van der Waals surface area contributed by atoms with Gasteiger partial charge in [-0.3, -0.25) is 0 Å². The molecule has 0 saturated carbocycles. The zero-order valence-electron chi connectivity index (χ0n) is 7.55. The van der Waals surface area contributed by atoms with E-state index >= 15 is 0 Å². The van der Waals surface area contributed by atoms with Gasteiger partial charge in [-0.15, -0.1) is 13.2 Å². The van der Waals surface area contributed by atoms with Crippen molar-refractivity contribution in [2.45, 2.75) is 13.8 Å². The molecule has 0 saturated heterocycles. The second-order valence-corrected chi connectivity index (χ2v) is 5.98. The van der Waals surface area contributed by atoms with Crippen molar-refractivity contribution < 1.29 is 4.43 Å². The summed E-state index contributed by atoms with van der Waals surface area (Å²) in [5, 5.41) is 1.24. The smallest absolute Gasteiger partial charge is 0.267 e. The first-order chi connectivity index (χ1) is 5.16. The predicted molar refractivity (Wildman–Crippen MR) is 52.6 cm³/mol. The SMILES string of the molecule is C=C[Si](C=C)(OC)/C(C)=C/C. The van der Waals surface area contributed by atoms with E-state index in [0.29, 0.717) is 0 Å². The Kier molecular flexibility index (Phi) is 4.07. The zero-order chi connectivity index (χ0) is 8.91. The first-order valence-electron chi connectivity index (χ1n) is 3.62. The van der Waals surface area contributed by atoms with Gasteiger partial charge in [-0.2, -0.15) is 0 Å². The van der Waals surface area contributed by atoms with Crippen LogP contribution in [-0.2, 0) is 4.43 Å². The van der Waals surface area contributed by atoms with Crippen molar-refractivity contribution in [3.8, 4) is 0 Å². The summed E-state index contributed by atoms with van der Waals surface area (Å²) < 4.78 is 5.42. The fourth-order valence-electron chi connectivity index (χ4n) is 0.959. The summed E-state index contributed by atoms with van der Waals surface area (Å²) in [5.41, 5.74) is 3.77. The van der Waals surface area contributed by atoms with Gasteiger partial charge in [0.05, 0.1) is 0 Å². The Labute approximate surface area is 70.2 Å². The second kappa shape index (κ2) is 4.31. The molecule has 62 valence electrons. The fourth-order valence-corrected chi connectivity index (χ4v) is 2.88. The summed E-state index contributed by atoms with van der Waals surface area (Å²) in [6.07, 6.45) is 2.05. The molecule has 0 radical (unpaired) electrons. The van der Waals surface area contributed by atoms with Gasteiger partial charge in [-0.25, -0.2) is 0 Å². The van der Waals surface area contributed by atoms with E-state index in [1.165, 1.54) is 5.20 Å². The Morgan fingerprint density at radius 3 is 1.91 bits per heavy atom. The van der Waals surface area contributed by atoms with Crippen LogP contribution in [0, 0.1) is 0 Å². The maximum Gasteiger partial charge on any atom is 0.267 e. The molecular formula is C9H16OSi. The molecule has 11 heavy (non-hydrogen) atoms. The quantitative estimate of drug-likeness (QED) is 0.586. The molecule has 0 N–H and O–H groups in total. The molecule has 0 heterocycles. The molecule has 0 bridgehead atoms. The third kappa shape index (κ3) is 1.91. The molecule has 0 rings (SSSR count). The zero-order valence-corrected chi connectivity index (χ0v) is 8.55. The van der Waals surface area contributed by atoms with Gasteiger partial charge in [-0.1, -0.05) is 22.7 Å². The third-order valence-corrected chi connectivity index (χ3v) is 5.40. The van der Waals surface area contributed by atoms with Gasteiger partial charge < -0.3 is 4.43 Å². The van der Waals surface area contributed by atoms with Gasteiger partial charge in [0.1, 0.15) is 0 Å². The van der Waals surface area contributed by atoms with Crippen LogP contribution in [0.2, 0.25) is 0 Å². The normalized spacial score (nSPS) is 12.8. The molecule has 0 amide bonds. The van der Waals surface area contributed by atoms with Gasteiger partial charge in [0.2, 0.25) is 0 Å². The Morgan fingerprint density at radius 2 is 1.82 bits per heavy atom. The molecular weight excluding hydrogens is 152 g/mol. The Bertz CT molecular complexity index is 174. The maximum absolute atomic E-state index is 5.42. The Hall–Kier alpha value is -0.603. The fraction of sp³-hybridized carbons (Fsp3) is 0.333. The third-order valence-electron chi connectivity index (χ3n) is 1.99. The van der Waals surface area contributed by atoms with E-state index in [0.717, 1.165) is 0 Å². The number of hydrogen-bond acceptors (Lipinski definition) is 1. The molecule has 0 aliphatic rings. The van der Waals surface area contributed by atoms with Crippen molar-refractivity contribution in [3.63, 3.8) is 0 Å². The van der Waals surface area contributed by atoms with Crippen LogP contribution in [0.3, 0.4) is 0 Å². The highest BCUT2D eigenvalue weighted by atomic mass is 28.4. The Morgan fingerprint density at radius 1 is 1.36 bits per heavy atom. The average Bonchev–Trinajstić information content (AvgIpc) is 2.08. The van der Waals surface area contributed by atoms with Crippen LogP contribution in [0.4, 0.5) is 0 Å². The molecule has 0 atom stereocenters. The van der Waals surface area contributed by atoms with Gasteiger partial charge >= 0.3 is 0 Å². The van der Waals surface area contributed by atoms with Crippen molar-refractivity contribution in [1.29, 1.82) is 0 Å². The molecule has 0 spiro atoms. The highest BCUT2D eigenvalue weighted by molar-refractivity contribution is 6.89. The molecule has 1 nitrogen and oxygen atoms in total. The van der Waals surface area contributed by atoms with Crippen LogP contribution in [0.15, 0.2) is 35.8 Å². The van der Waals surface area contributed by atoms with Crippen molar-refractivity contribution in [2.24, 2.45) is 0 Å². The second-order valence-electron chi connectivity index (χ2n) is 2.38. The summed E-state index contributed by atoms with van der Waals surface area (Å²) in [7, 11) is -0.221. The first kappa shape index (κ1) is 10.4. The summed E-state index contributed by atoms with van der Waals surface area (Å²) in [6.45, 7) is 11.6. The number of allylic oxidation sites excluding steroid dienone is 2. The minimum absolute atomic E-state index is 1.24. The minimum Gasteiger partial charge on any atom is -0.409 e. The standard InChI is InChI=1S/C9H16OSi/c1-6-9(4)11(7-2,8-3)10-5/h6-8H,2-3H2,1,4-5H3/b9-6+. The lowest BCUT2D eigenvalue weighted by Gasteiger charge is -2.22. The van der Waals surface area contributed by atoms with Crippen molar-refractivity contribution in [3.05, 3.63) is 35.8 Å². The summed E-state index contributed by atoms with van der Waals surface area (Å²) in [5.74, 6) is 0. The lowest BCUT2D eigenvalue weighted by Crippen LogP contribution is -2.34. The van der Waals surface area contributed by atoms with E-state index in [2.05, 4.69) is 26.2 Å². The molecule has 0 aromatic carbocycles. The predicted octanol–water partition coefficient (Wildman–Crippen LogP) is 2.53. The molecule has 0 aromatic rings. The largest absolute Gasteiger partial charge is 0.409 e. The highest BCUT2D eigenvalue weighted by Gasteiger charge is 2.27. The molecule has 0 aliphatic heterocycles. The summed E-state index contributed by atoms with van der Waals surface area (Å²) >= 11 is 0. The average molecular weight is 168 g/mol. The van der Waals surface area contributed by atoms with Crippen molar-refractivity contribution in [2.75, 3.05) is 7.11 Å². The van der Waals surface area contributed by atoms with Crippen LogP contribution in [0.5, 0.6) is 0 Å². The van der Waals surface area contributed by atoms with E-state index in [4.69, 9.17) is 4.43 Å². The number of hydrogen-bond donors (Lipinski definition) is 0. The molecule has 0 aliphatic carbocycles. The molecule has 0 fully saturated rings. The van der Waals surface area contributed by atoms with Crippen LogP contribution in [0.1, 0.15) is 13.8 Å². The van der Waals surface area contributed by atoms with Gasteiger partial charge in [0.25, 0.3) is 8.32 Å². The van der Waals surface area contributed by atoms with Crippen LogP contribution < -0.4 is 0 Å². The van der Waals surface area contributed by atoms with Crippen molar-refractivity contribution >= 4 is 8.32 Å². The van der Waals surface area contributed by atoms with Gasteiger partial charge in [0.15, 0.2) is 0 Å². The van der Waals surface area contributed by atoms with E-state index in [9.17, 15) is 0 Å². The van der Waals surface area contributed by atoms with Crippen LogP contribution in [0.25, 0.3) is 0 Å². The first-order valence-corrected chi connectivity index (χ1v) is 5.69. The highest BCUT2D eigenvalue weighted by Crippen LogP contribution is 2.17. The maximum atomic E-state index is 5.42. The van der Waals surface area contributed by atoms with Crippen LogP contribution >= 0.6 is 0 Å². The van der Waals surface area contributed by atoms with E-state index in [-0.39, 0.29) is 0 Å². The Balaban J connectivity index is 4.82. The molecule has 0 aromatic heterocycles. The lowest BCUT2D eigenvalue weighted by molar-refractivity contribution is 0.421. The molecule has 0 unspecified atom stereocenters. The van der Waals surface area contributed by atoms with Gasteiger partial charge in [-0.05, 0) is 13.8 Å². The number of rotatable bonds is 4. The van der Waals surface area contributed by atoms with Gasteiger partial charge in [0, 0.05) is 7.11 Å². The summed E-state index contributed by atoms with van der Waals surface area (Å²) in [6, 6.07) is 0. The lowest BCUT2D eigenvalue weighted by atomic mass is 10.6.